The second-order valence-corrected chi connectivity index (χ2v) is 4.47. The summed E-state index contributed by atoms with van der Waals surface area (Å²) in [6.07, 6.45) is 1.80. The minimum atomic E-state index is -0.180. The molecule has 0 bridgehead atoms. The van der Waals surface area contributed by atoms with Gasteiger partial charge in [-0.25, -0.2) is 4.79 Å². The minimum Gasteiger partial charge on any atom is -0.399 e. The van der Waals surface area contributed by atoms with Crippen molar-refractivity contribution in [3.8, 4) is 0 Å². The molecule has 4 nitrogen and oxygen atoms in total. The van der Waals surface area contributed by atoms with E-state index in [4.69, 9.17) is 5.73 Å². The Balaban J connectivity index is 2.58. The Morgan fingerprint density at radius 1 is 1.24 bits per heavy atom. The molecule has 0 aliphatic rings. The number of anilines is 2. The highest BCUT2D eigenvalue weighted by molar-refractivity contribution is 5.89. The van der Waals surface area contributed by atoms with Crippen LogP contribution >= 0.6 is 0 Å². The SMILES string of the molecule is CCC(C)(CC)NC(=O)Nc1ccc(N)cc1. The van der Waals surface area contributed by atoms with Crippen molar-refractivity contribution in [1.29, 1.82) is 0 Å². The molecular weight excluding hydrogens is 214 g/mol. The Kier molecular flexibility index (Phi) is 4.37. The van der Waals surface area contributed by atoms with E-state index in [1.165, 1.54) is 0 Å². The summed E-state index contributed by atoms with van der Waals surface area (Å²) in [6.45, 7) is 6.16. The maximum absolute atomic E-state index is 11.8. The summed E-state index contributed by atoms with van der Waals surface area (Å²) < 4.78 is 0. The third kappa shape index (κ3) is 3.98. The Morgan fingerprint density at radius 2 is 1.76 bits per heavy atom. The highest BCUT2D eigenvalue weighted by atomic mass is 16.2. The summed E-state index contributed by atoms with van der Waals surface area (Å²) in [7, 11) is 0. The van der Waals surface area contributed by atoms with Crippen LogP contribution in [0.2, 0.25) is 0 Å². The smallest absolute Gasteiger partial charge is 0.319 e. The first-order chi connectivity index (χ1) is 7.99. The zero-order chi connectivity index (χ0) is 12.9. The first-order valence-corrected chi connectivity index (χ1v) is 5.94. The number of rotatable bonds is 4. The van der Waals surface area contributed by atoms with Gasteiger partial charge < -0.3 is 16.4 Å². The van der Waals surface area contributed by atoms with Crippen molar-refractivity contribution in [2.24, 2.45) is 0 Å². The lowest BCUT2D eigenvalue weighted by Crippen LogP contribution is -2.46. The fraction of sp³-hybridized carbons (Fsp3) is 0.462. The molecule has 0 radical (unpaired) electrons. The molecule has 0 fully saturated rings. The molecule has 94 valence electrons. The van der Waals surface area contributed by atoms with Gasteiger partial charge in [-0.2, -0.15) is 0 Å². The van der Waals surface area contributed by atoms with Gasteiger partial charge in [-0.05, 0) is 44.0 Å². The number of hydrogen-bond acceptors (Lipinski definition) is 2. The molecule has 1 rings (SSSR count). The lowest BCUT2D eigenvalue weighted by molar-refractivity contribution is 0.236. The average molecular weight is 235 g/mol. The second-order valence-electron chi connectivity index (χ2n) is 4.47. The monoisotopic (exact) mass is 235 g/mol. The molecule has 0 saturated carbocycles. The zero-order valence-corrected chi connectivity index (χ0v) is 10.7. The molecule has 0 heterocycles. The highest BCUT2D eigenvalue weighted by Gasteiger charge is 2.21. The van der Waals surface area contributed by atoms with E-state index in [2.05, 4.69) is 24.5 Å². The number of carbonyl (C=O) groups is 1. The molecule has 0 spiro atoms. The minimum absolute atomic E-state index is 0.155. The maximum Gasteiger partial charge on any atom is 0.319 e. The van der Waals surface area contributed by atoms with Gasteiger partial charge in [0.25, 0.3) is 0 Å². The van der Waals surface area contributed by atoms with Gasteiger partial charge in [0.1, 0.15) is 0 Å². The first kappa shape index (κ1) is 13.4. The number of urea groups is 1. The predicted molar refractivity (Wildman–Crippen MR) is 72.0 cm³/mol. The van der Waals surface area contributed by atoms with Crippen LogP contribution in [0.4, 0.5) is 16.2 Å². The van der Waals surface area contributed by atoms with Gasteiger partial charge in [-0.3, -0.25) is 0 Å². The van der Waals surface area contributed by atoms with Crippen LogP contribution in [0.1, 0.15) is 33.6 Å². The maximum atomic E-state index is 11.8. The van der Waals surface area contributed by atoms with E-state index in [1.54, 1.807) is 24.3 Å². The molecule has 0 saturated heterocycles. The second kappa shape index (κ2) is 5.57. The fourth-order valence-electron chi connectivity index (χ4n) is 1.43. The van der Waals surface area contributed by atoms with E-state index in [-0.39, 0.29) is 11.6 Å². The summed E-state index contributed by atoms with van der Waals surface area (Å²) in [6, 6.07) is 6.90. The number of hydrogen-bond donors (Lipinski definition) is 3. The van der Waals surface area contributed by atoms with Gasteiger partial charge >= 0.3 is 6.03 Å². The molecule has 1 aromatic rings. The highest BCUT2D eigenvalue weighted by Crippen LogP contribution is 2.15. The van der Waals surface area contributed by atoms with Crippen LogP contribution in [0.5, 0.6) is 0 Å². The molecule has 1 aromatic carbocycles. The van der Waals surface area contributed by atoms with Crippen molar-refractivity contribution in [3.63, 3.8) is 0 Å². The molecule has 0 atom stereocenters. The van der Waals surface area contributed by atoms with Crippen LogP contribution in [0.15, 0.2) is 24.3 Å². The number of nitrogens with two attached hydrogens (primary N) is 1. The molecule has 0 unspecified atom stereocenters. The number of nitrogens with one attached hydrogen (secondary N) is 2. The van der Waals surface area contributed by atoms with Gasteiger partial charge in [0.05, 0.1) is 0 Å². The van der Waals surface area contributed by atoms with E-state index in [0.717, 1.165) is 18.5 Å². The molecule has 0 aliphatic carbocycles. The third-order valence-electron chi connectivity index (χ3n) is 3.14. The molecule has 0 aliphatic heterocycles. The topological polar surface area (TPSA) is 67.2 Å². The number of carbonyl (C=O) groups excluding carboxylic acids is 1. The fourth-order valence-corrected chi connectivity index (χ4v) is 1.43. The van der Waals surface area contributed by atoms with E-state index in [1.807, 2.05) is 6.92 Å². The Hall–Kier alpha value is -1.71. The summed E-state index contributed by atoms with van der Waals surface area (Å²) in [4.78, 5) is 11.8. The van der Waals surface area contributed by atoms with E-state index in [9.17, 15) is 4.79 Å². The summed E-state index contributed by atoms with van der Waals surface area (Å²) in [5.74, 6) is 0. The zero-order valence-electron chi connectivity index (χ0n) is 10.7. The Labute approximate surface area is 103 Å². The molecule has 4 heteroatoms. The van der Waals surface area contributed by atoms with Gasteiger partial charge in [0.15, 0.2) is 0 Å². The van der Waals surface area contributed by atoms with Gasteiger partial charge in [-0.15, -0.1) is 0 Å². The van der Waals surface area contributed by atoms with Crippen LogP contribution in [0.25, 0.3) is 0 Å². The average Bonchev–Trinajstić information content (AvgIpc) is 2.32. The van der Waals surface area contributed by atoms with Gasteiger partial charge in [-0.1, -0.05) is 13.8 Å². The van der Waals surface area contributed by atoms with Crippen LogP contribution in [0, 0.1) is 0 Å². The van der Waals surface area contributed by atoms with Crippen molar-refractivity contribution < 1.29 is 4.79 Å². The van der Waals surface area contributed by atoms with Crippen LogP contribution in [-0.2, 0) is 0 Å². The van der Waals surface area contributed by atoms with Crippen molar-refractivity contribution in [3.05, 3.63) is 24.3 Å². The van der Waals surface area contributed by atoms with Gasteiger partial charge in [0, 0.05) is 16.9 Å². The van der Waals surface area contributed by atoms with Crippen molar-refractivity contribution >= 4 is 17.4 Å². The van der Waals surface area contributed by atoms with Gasteiger partial charge in [0.2, 0.25) is 0 Å². The number of benzene rings is 1. The lowest BCUT2D eigenvalue weighted by Gasteiger charge is -2.28. The van der Waals surface area contributed by atoms with Crippen molar-refractivity contribution in [2.75, 3.05) is 11.1 Å². The molecular formula is C13H21N3O. The van der Waals surface area contributed by atoms with E-state index >= 15 is 0 Å². The van der Waals surface area contributed by atoms with Crippen LogP contribution in [0.3, 0.4) is 0 Å². The summed E-state index contributed by atoms with van der Waals surface area (Å²) in [5.41, 5.74) is 6.84. The normalized spacial score (nSPS) is 11.0. The predicted octanol–water partition coefficient (Wildman–Crippen LogP) is 2.97. The van der Waals surface area contributed by atoms with E-state index in [0.29, 0.717) is 5.69 Å². The standard InChI is InChI=1S/C13H21N3O/c1-4-13(3,5-2)16-12(17)15-11-8-6-10(14)7-9-11/h6-9H,4-5,14H2,1-3H3,(H2,15,16,17). The Bertz CT molecular complexity index is 369. The summed E-state index contributed by atoms with van der Waals surface area (Å²) >= 11 is 0. The lowest BCUT2D eigenvalue weighted by atomic mass is 9.96. The molecule has 0 aromatic heterocycles. The van der Waals surface area contributed by atoms with Crippen molar-refractivity contribution in [2.45, 2.75) is 39.2 Å². The largest absolute Gasteiger partial charge is 0.399 e. The van der Waals surface area contributed by atoms with E-state index < -0.39 is 0 Å². The molecule has 17 heavy (non-hydrogen) atoms. The van der Waals surface area contributed by atoms with Crippen LogP contribution < -0.4 is 16.4 Å². The van der Waals surface area contributed by atoms with Crippen molar-refractivity contribution in [1.82, 2.24) is 5.32 Å². The van der Waals surface area contributed by atoms with Crippen LogP contribution in [-0.4, -0.2) is 11.6 Å². The summed E-state index contributed by atoms with van der Waals surface area (Å²) in [5, 5.41) is 5.76. The number of amides is 2. The number of nitrogen functional groups attached to an aromatic ring is 1. The Morgan fingerprint density at radius 3 is 2.24 bits per heavy atom. The molecule has 2 amide bonds. The quantitative estimate of drug-likeness (QED) is 0.702. The third-order valence-corrected chi connectivity index (χ3v) is 3.14. The first-order valence-electron chi connectivity index (χ1n) is 5.94. The molecule has 4 N–H and O–H groups in total.